The van der Waals surface area contributed by atoms with E-state index < -0.39 is 29.4 Å². The molecule has 3 N–H and O–H groups in total. The first kappa shape index (κ1) is 25.2. The lowest BCUT2D eigenvalue weighted by atomic mass is 9.99. The Morgan fingerprint density at radius 3 is 2.50 bits per heavy atom. The maximum absolute atomic E-state index is 13.4. The standard InChI is InChI=1S/C25H21F5N4O2/c26-18-9-16(10-19(27)12-18)1-4-23(35)33-20-11-17(24-32-13-22(34-24)25(28,29)30)2-3-21(20)36-14-15-5-7-31-8-6-15/h2-3,9-13,15,31H,5-8,14H2,(H,32,34)(H,33,35). The predicted molar refractivity (Wildman–Crippen MR) is 122 cm³/mol. The van der Waals surface area contributed by atoms with Crippen LogP contribution >= 0.6 is 0 Å². The number of hydrogen-bond donors (Lipinski definition) is 3. The zero-order valence-electron chi connectivity index (χ0n) is 18.8. The molecular formula is C25H21F5N4O2. The molecule has 0 unspecified atom stereocenters. The predicted octanol–water partition coefficient (Wildman–Crippen LogP) is 4.74. The summed E-state index contributed by atoms with van der Waals surface area (Å²) in [6, 6.07) is 7.10. The van der Waals surface area contributed by atoms with Crippen molar-refractivity contribution in [3.05, 3.63) is 65.5 Å². The minimum Gasteiger partial charge on any atom is -0.491 e. The van der Waals surface area contributed by atoms with Gasteiger partial charge in [0.1, 0.15) is 28.9 Å². The number of rotatable bonds is 5. The molecule has 0 atom stereocenters. The Bertz CT molecular complexity index is 1280. The lowest BCUT2D eigenvalue weighted by Gasteiger charge is -2.23. The van der Waals surface area contributed by atoms with Crippen molar-refractivity contribution in [2.24, 2.45) is 5.92 Å². The highest BCUT2D eigenvalue weighted by Gasteiger charge is 2.33. The number of halogens is 5. The van der Waals surface area contributed by atoms with E-state index in [1.165, 1.54) is 18.2 Å². The van der Waals surface area contributed by atoms with Gasteiger partial charge in [-0.25, -0.2) is 13.8 Å². The molecule has 1 aliphatic heterocycles. The van der Waals surface area contributed by atoms with Crippen molar-refractivity contribution >= 4 is 11.6 Å². The molecule has 0 spiro atoms. The fourth-order valence-corrected chi connectivity index (χ4v) is 3.68. The quantitative estimate of drug-likeness (QED) is 0.347. The van der Waals surface area contributed by atoms with E-state index in [1.807, 2.05) is 0 Å². The van der Waals surface area contributed by atoms with Gasteiger partial charge >= 0.3 is 12.1 Å². The number of piperidine rings is 1. The average Bonchev–Trinajstić information content (AvgIpc) is 3.33. The molecule has 3 aromatic rings. The molecule has 188 valence electrons. The minimum absolute atomic E-state index is 0.0333. The van der Waals surface area contributed by atoms with Gasteiger partial charge in [-0.1, -0.05) is 5.92 Å². The Morgan fingerprint density at radius 1 is 1.11 bits per heavy atom. The monoisotopic (exact) mass is 504 g/mol. The molecule has 1 fully saturated rings. The smallest absolute Gasteiger partial charge is 0.432 e. The number of carbonyl (C=O) groups is 1. The molecular weight excluding hydrogens is 483 g/mol. The number of imidazole rings is 1. The molecule has 36 heavy (non-hydrogen) atoms. The SMILES string of the molecule is O=C(C#Cc1cc(F)cc(F)c1)Nc1cc(-c2ncc(C(F)(F)F)[nH]2)ccc1OCC1CCNCC1. The van der Waals surface area contributed by atoms with Crippen molar-refractivity contribution < 1.29 is 31.5 Å². The number of alkyl halides is 3. The Morgan fingerprint density at radius 2 is 1.83 bits per heavy atom. The van der Waals surface area contributed by atoms with E-state index in [9.17, 15) is 26.7 Å². The number of nitrogens with zero attached hydrogens (tertiary/aromatic N) is 1. The van der Waals surface area contributed by atoms with Crippen LogP contribution in [0, 0.1) is 29.4 Å². The molecule has 4 rings (SSSR count). The maximum atomic E-state index is 13.4. The van der Waals surface area contributed by atoms with E-state index in [0.717, 1.165) is 38.1 Å². The van der Waals surface area contributed by atoms with Gasteiger partial charge in [-0.2, -0.15) is 13.2 Å². The van der Waals surface area contributed by atoms with E-state index in [-0.39, 0.29) is 22.6 Å². The van der Waals surface area contributed by atoms with Gasteiger partial charge in [0.25, 0.3) is 0 Å². The Hall–Kier alpha value is -3.91. The number of carbonyl (C=O) groups excluding carboxylic acids is 1. The average molecular weight is 504 g/mol. The normalized spacial score (nSPS) is 14.1. The zero-order chi connectivity index (χ0) is 25.7. The lowest BCUT2D eigenvalue weighted by molar-refractivity contribution is -0.140. The highest BCUT2D eigenvalue weighted by atomic mass is 19.4. The van der Waals surface area contributed by atoms with Gasteiger partial charge in [-0.3, -0.25) is 4.79 Å². The van der Waals surface area contributed by atoms with Crippen LogP contribution in [0.1, 0.15) is 24.1 Å². The summed E-state index contributed by atoms with van der Waals surface area (Å²) in [6.07, 6.45) is -2.07. The van der Waals surface area contributed by atoms with E-state index in [1.54, 1.807) is 0 Å². The summed E-state index contributed by atoms with van der Waals surface area (Å²) < 4.78 is 71.6. The Balaban J connectivity index is 1.58. The van der Waals surface area contributed by atoms with E-state index >= 15 is 0 Å². The van der Waals surface area contributed by atoms with Crippen molar-refractivity contribution in [3.8, 4) is 29.0 Å². The molecule has 0 saturated carbocycles. The summed E-state index contributed by atoms with van der Waals surface area (Å²) in [4.78, 5) is 18.5. The number of amides is 1. The first-order valence-electron chi connectivity index (χ1n) is 11.1. The Kier molecular flexibility index (Phi) is 7.55. The second-order valence-electron chi connectivity index (χ2n) is 8.22. The van der Waals surface area contributed by atoms with Crippen molar-refractivity contribution in [1.82, 2.24) is 15.3 Å². The summed E-state index contributed by atoms with van der Waals surface area (Å²) in [5, 5.41) is 5.80. The third-order valence-electron chi connectivity index (χ3n) is 5.50. The molecule has 1 amide bonds. The van der Waals surface area contributed by atoms with Crippen molar-refractivity contribution in [1.29, 1.82) is 0 Å². The molecule has 1 aromatic heterocycles. The topological polar surface area (TPSA) is 79.0 Å². The summed E-state index contributed by atoms with van der Waals surface area (Å²) in [6.45, 7) is 2.12. The summed E-state index contributed by atoms with van der Waals surface area (Å²) in [5.41, 5.74) is -0.608. The molecule has 0 aliphatic carbocycles. The Labute approximate surface area is 203 Å². The van der Waals surface area contributed by atoms with Crippen LogP contribution in [0.15, 0.2) is 42.6 Å². The van der Waals surface area contributed by atoms with Gasteiger partial charge in [0.2, 0.25) is 0 Å². The largest absolute Gasteiger partial charge is 0.491 e. The molecule has 2 heterocycles. The van der Waals surface area contributed by atoms with E-state index in [0.29, 0.717) is 30.5 Å². The van der Waals surface area contributed by atoms with Gasteiger partial charge in [-0.05, 0) is 62.2 Å². The van der Waals surface area contributed by atoms with Crippen molar-refractivity contribution in [2.45, 2.75) is 19.0 Å². The summed E-state index contributed by atoms with van der Waals surface area (Å²) >= 11 is 0. The summed E-state index contributed by atoms with van der Waals surface area (Å²) in [5.74, 6) is 2.70. The molecule has 1 aliphatic rings. The third-order valence-corrected chi connectivity index (χ3v) is 5.50. The first-order valence-corrected chi connectivity index (χ1v) is 11.1. The molecule has 0 radical (unpaired) electrons. The fourth-order valence-electron chi connectivity index (χ4n) is 3.68. The summed E-state index contributed by atoms with van der Waals surface area (Å²) in [7, 11) is 0. The van der Waals surface area contributed by atoms with Gasteiger partial charge in [0.15, 0.2) is 0 Å². The van der Waals surface area contributed by atoms with Crippen molar-refractivity contribution in [2.75, 3.05) is 25.0 Å². The molecule has 1 saturated heterocycles. The van der Waals surface area contributed by atoms with Gasteiger partial charge in [-0.15, -0.1) is 0 Å². The molecule has 0 bridgehead atoms. The number of anilines is 1. The number of nitrogens with one attached hydrogen (secondary N) is 3. The van der Waals surface area contributed by atoms with Crippen LogP contribution in [-0.2, 0) is 11.0 Å². The van der Waals surface area contributed by atoms with E-state index in [4.69, 9.17) is 4.74 Å². The van der Waals surface area contributed by atoms with Gasteiger partial charge < -0.3 is 20.4 Å². The second kappa shape index (κ2) is 10.8. The number of ether oxygens (including phenoxy) is 1. The van der Waals surface area contributed by atoms with Crippen LogP contribution in [0.4, 0.5) is 27.6 Å². The number of aromatic amines is 1. The molecule has 6 nitrogen and oxygen atoms in total. The van der Waals surface area contributed by atoms with Crippen LogP contribution in [0.5, 0.6) is 5.75 Å². The van der Waals surface area contributed by atoms with Crippen molar-refractivity contribution in [3.63, 3.8) is 0 Å². The van der Waals surface area contributed by atoms with Crippen LogP contribution in [0.2, 0.25) is 0 Å². The maximum Gasteiger partial charge on any atom is 0.432 e. The lowest BCUT2D eigenvalue weighted by Crippen LogP contribution is -2.30. The zero-order valence-corrected chi connectivity index (χ0v) is 18.8. The number of aromatic nitrogens is 2. The second-order valence-corrected chi connectivity index (χ2v) is 8.22. The van der Waals surface area contributed by atoms with E-state index in [2.05, 4.69) is 32.4 Å². The third kappa shape index (κ3) is 6.60. The van der Waals surface area contributed by atoms with Crippen LogP contribution in [-0.4, -0.2) is 35.6 Å². The molecule has 2 aromatic carbocycles. The van der Waals surface area contributed by atoms with Gasteiger partial charge in [0.05, 0.1) is 18.5 Å². The highest BCUT2D eigenvalue weighted by molar-refractivity contribution is 6.05. The van der Waals surface area contributed by atoms with Gasteiger partial charge in [0, 0.05) is 23.1 Å². The first-order chi connectivity index (χ1) is 17.2. The highest BCUT2D eigenvalue weighted by Crippen LogP contribution is 2.33. The number of benzene rings is 2. The fraction of sp³-hybridized carbons (Fsp3) is 0.280. The number of H-pyrrole nitrogens is 1. The van der Waals surface area contributed by atoms with Crippen LogP contribution in [0.25, 0.3) is 11.4 Å². The minimum atomic E-state index is -4.59. The molecule has 11 heteroatoms. The van der Waals surface area contributed by atoms with Crippen LogP contribution < -0.4 is 15.4 Å². The van der Waals surface area contributed by atoms with Crippen LogP contribution in [0.3, 0.4) is 0 Å². The number of hydrogen-bond acceptors (Lipinski definition) is 4.